The van der Waals surface area contributed by atoms with Crippen molar-refractivity contribution in [1.82, 2.24) is 0 Å². The summed E-state index contributed by atoms with van der Waals surface area (Å²) in [5, 5.41) is 0. The molecule has 0 spiro atoms. The van der Waals surface area contributed by atoms with Crippen LogP contribution in [0, 0.1) is 13.8 Å². The number of halogens is 1. The lowest BCUT2D eigenvalue weighted by atomic mass is 9.84. The highest BCUT2D eigenvalue weighted by molar-refractivity contribution is 14.1. The summed E-state index contributed by atoms with van der Waals surface area (Å²) < 4.78 is 17.1. The standard InChI is InChI=1S/C18H19IO3/c1-10-7-13-12-6-11(2)16(22-19)8-14(12)18(3,4)21-17(13)9-15(10)20-5/h6-9H,1-5H3. The number of rotatable bonds is 2. The van der Waals surface area contributed by atoms with Crippen molar-refractivity contribution in [2.75, 3.05) is 7.11 Å². The number of hydrogen-bond donors (Lipinski definition) is 0. The maximum Gasteiger partial charge on any atom is 0.192 e. The second kappa shape index (κ2) is 5.33. The molecule has 2 aromatic carbocycles. The minimum atomic E-state index is -0.416. The van der Waals surface area contributed by atoms with Crippen molar-refractivity contribution >= 4 is 23.0 Å². The number of methoxy groups -OCH3 is 1. The highest BCUT2D eigenvalue weighted by Crippen LogP contribution is 2.48. The van der Waals surface area contributed by atoms with Crippen LogP contribution < -0.4 is 12.5 Å². The van der Waals surface area contributed by atoms with Gasteiger partial charge in [0.15, 0.2) is 23.0 Å². The number of aryl methyl sites for hydroxylation is 2. The zero-order valence-corrected chi connectivity index (χ0v) is 15.6. The van der Waals surface area contributed by atoms with Crippen molar-refractivity contribution in [3.63, 3.8) is 0 Å². The molecule has 3 rings (SSSR count). The molecule has 1 aliphatic rings. The van der Waals surface area contributed by atoms with Gasteiger partial charge in [-0.2, -0.15) is 0 Å². The lowest BCUT2D eigenvalue weighted by Gasteiger charge is -2.35. The molecule has 4 heteroatoms. The Morgan fingerprint density at radius 2 is 1.59 bits per heavy atom. The highest BCUT2D eigenvalue weighted by atomic mass is 127. The van der Waals surface area contributed by atoms with Crippen LogP contribution in [0.3, 0.4) is 0 Å². The molecular weight excluding hydrogens is 391 g/mol. The summed E-state index contributed by atoms with van der Waals surface area (Å²) in [6.07, 6.45) is 0. The van der Waals surface area contributed by atoms with Crippen LogP contribution in [0.4, 0.5) is 0 Å². The molecule has 22 heavy (non-hydrogen) atoms. The Kier molecular flexibility index (Phi) is 3.75. The second-order valence-corrected chi connectivity index (χ2v) is 6.61. The predicted octanol–water partition coefficient (Wildman–Crippen LogP) is 5.34. The molecule has 0 N–H and O–H groups in total. The minimum Gasteiger partial charge on any atom is -0.496 e. The quantitative estimate of drug-likeness (QED) is 0.626. The van der Waals surface area contributed by atoms with E-state index in [1.807, 2.05) is 36.0 Å². The minimum absolute atomic E-state index is 0.416. The maximum atomic E-state index is 6.24. The molecule has 0 radical (unpaired) electrons. The number of benzene rings is 2. The molecule has 1 aliphatic heterocycles. The van der Waals surface area contributed by atoms with E-state index in [-0.39, 0.29) is 0 Å². The van der Waals surface area contributed by atoms with Crippen LogP contribution in [0.2, 0.25) is 0 Å². The maximum absolute atomic E-state index is 6.24. The summed E-state index contributed by atoms with van der Waals surface area (Å²) in [6.45, 7) is 8.27. The van der Waals surface area contributed by atoms with Crippen molar-refractivity contribution in [3.05, 3.63) is 41.0 Å². The van der Waals surface area contributed by atoms with Crippen LogP contribution >= 0.6 is 23.0 Å². The Hall–Kier alpha value is -1.43. The fourth-order valence-corrected chi connectivity index (χ4v) is 3.48. The van der Waals surface area contributed by atoms with E-state index in [1.54, 1.807) is 7.11 Å². The monoisotopic (exact) mass is 410 g/mol. The van der Waals surface area contributed by atoms with E-state index >= 15 is 0 Å². The first-order valence-electron chi connectivity index (χ1n) is 7.19. The lowest BCUT2D eigenvalue weighted by Crippen LogP contribution is -2.29. The Morgan fingerprint density at radius 1 is 0.955 bits per heavy atom. The van der Waals surface area contributed by atoms with Crippen LogP contribution in [0.15, 0.2) is 24.3 Å². The van der Waals surface area contributed by atoms with Crippen LogP contribution in [0.25, 0.3) is 11.1 Å². The van der Waals surface area contributed by atoms with Crippen molar-refractivity contribution in [2.45, 2.75) is 33.3 Å². The summed E-state index contributed by atoms with van der Waals surface area (Å²) in [7, 11) is 1.69. The van der Waals surface area contributed by atoms with Gasteiger partial charge in [0, 0.05) is 17.2 Å². The SMILES string of the molecule is COc1cc2c(cc1C)-c1cc(C)c(OI)cc1C(C)(C)O2. The first kappa shape index (κ1) is 15.5. The zero-order valence-electron chi connectivity index (χ0n) is 13.4. The van der Waals surface area contributed by atoms with Gasteiger partial charge in [-0.1, -0.05) is 0 Å². The number of ether oxygens (including phenoxy) is 2. The van der Waals surface area contributed by atoms with E-state index in [4.69, 9.17) is 12.5 Å². The predicted molar refractivity (Wildman–Crippen MR) is 96.2 cm³/mol. The molecule has 0 aliphatic carbocycles. The molecule has 2 aromatic rings. The molecule has 0 fully saturated rings. The Bertz CT molecular complexity index is 750. The third-order valence-corrected chi connectivity index (χ3v) is 4.67. The van der Waals surface area contributed by atoms with Gasteiger partial charge in [-0.3, -0.25) is 0 Å². The van der Waals surface area contributed by atoms with E-state index < -0.39 is 5.60 Å². The Balaban J connectivity index is 2.30. The molecule has 0 saturated heterocycles. The first-order valence-corrected chi connectivity index (χ1v) is 8.07. The van der Waals surface area contributed by atoms with Crippen molar-refractivity contribution < 1.29 is 12.5 Å². The van der Waals surface area contributed by atoms with E-state index in [9.17, 15) is 0 Å². The third kappa shape index (κ3) is 2.33. The van der Waals surface area contributed by atoms with Crippen LogP contribution in [0.1, 0.15) is 30.5 Å². The molecule has 3 nitrogen and oxygen atoms in total. The van der Waals surface area contributed by atoms with Crippen molar-refractivity contribution in [1.29, 1.82) is 0 Å². The van der Waals surface area contributed by atoms with Crippen LogP contribution in [-0.4, -0.2) is 7.11 Å². The van der Waals surface area contributed by atoms with Gasteiger partial charge in [0.25, 0.3) is 0 Å². The van der Waals surface area contributed by atoms with Gasteiger partial charge >= 0.3 is 0 Å². The van der Waals surface area contributed by atoms with E-state index in [1.165, 1.54) is 5.56 Å². The van der Waals surface area contributed by atoms with Gasteiger partial charge in [-0.05, 0) is 62.6 Å². The second-order valence-electron chi connectivity index (χ2n) is 6.17. The normalized spacial score (nSPS) is 14.6. The molecule has 0 aromatic heterocycles. The summed E-state index contributed by atoms with van der Waals surface area (Å²) in [6, 6.07) is 8.37. The average molecular weight is 410 g/mol. The molecule has 0 amide bonds. The first-order chi connectivity index (χ1) is 10.4. The summed E-state index contributed by atoms with van der Waals surface area (Å²) in [4.78, 5) is 0. The Morgan fingerprint density at radius 3 is 2.23 bits per heavy atom. The molecule has 116 valence electrons. The van der Waals surface area contributed by atoms with Gasteiger partial charge < -0.3 is 12.5 Å². The van der Waals surface area contributed by atoms with Crippen LogP contribution in [0.5, 0.6) is 17.2 Å². The number of hydrogen-bond acceptors (Lipinski definition) is 3. The van der Waals surface area contributed by atoms with Gasteiger partial charge in [0.1, 0.15) is 22.8 Å². The molecular formula is C18H19IO3. The average Bonchev–Trinajstić information content (AvgIpc) is 2.47. The van der Waals surface area contributed by atoms with Gasteiger partial charge in [-0.15, -0.1) is 0 Å². The molecule has 0 bridgehead atoms. The van der Waals surface area contributed by atoms with Crippen molar-refractivity contribution in [2.24, 2.45) is 0 Å². The van der Waals surface area contributed by atoms with E-state index in [0.717, 1.165) is 39.5 Å². The van der Waals surface area contributed by atoms with Gasteiger partial charge in [-0.25, -0.2) is 0 Å². The largest absolute Gasteiger partial charge is 0.496 e. The fraction of sp³-hybridized carbons (Fsp3) is 0.333. The topological polar surface area (TPSA) is 27.7 Å². The molecule has 1 heterocycles. The van der Waals surface area contributed by atoms with Gasteiger partial charge in [0.2, 0.25) is 0 Å². The van der Waals surface area contributed by atoms with E-state index in [2.05, 4.69) is 39.0 Å². The molecule has 0 atom stereocenters. The Labute approximate surface area is 145 Å². The van der Waals surface area contributed by atoms with Crippen LogP contribution in [-0.2, 0) is 5.60 Å². The van der Waals surface area contributed by atoms with Gasteiger partial charge in [0.05, 0.1) is 7.11 Å². The lowest BCUT2D eigenvalue weighted by molar-refractivity contribution is 0.105. The molecule has 0 unspecified atom stereocenters. The zero-order chi connectivity index (χ0) is 16.1. The van der Waals surface area contributed by atoms with E-state index in [0.29, 0.717) is 0 Å². The third-order valence-electron chi connectivity index (χ3n) is 4.20. The molecule has 0 saturated carbocycles. The highest BCUT2D eigenvalue weighted by Gasteiger charge is 2.34. The summed E-state index contributed by atoms with van der Waals surface area (Å²) >= 11 is 1.92. The van der Waals surface area contributed by atoms with Crippen molar-refractivity contribution in [3.8, 4) is 28.4 Å². The fourth-order valence-electron chi connectivity index (χ4n) is 3.01. The summed E-state index contributed by atoms with van der Waals surface area (Å²) in [5.74, 6) is 2.59. The number of fused-ring (bicyclic) bond motifs is 3. The smallest absolute Gasteiger partial charge is 0.192 e. The summed E-state index contributed by atoms with van der Waals surface area (Å²) in [5.41, 5.74) is 5.25.